The van der Waals surface area contributed by atoms with Gasteiger partial charge in [-0.2, -0.15) is 0 Å². The topological polar surface area (TPSA) is 17.1 Å². The van der Waals surface area contributed by atoms with E-state index in [1.807, 2.05) is 0 Å². The summed E-state index contributed by atoms with van der Waals surface area (Å²) in [7, 11) is 0. The zero-order chi connectivity index (χ0) is 12.3. The van der Waals surface area contributed by atoms with Gasteiger partial charge in [0, 0.05) is 12.8 Å². The van der Waals surface area contributed by atoms with Gasteiger partial charge in [0.1, 0.15) is 5.78 Å². The third kappa shape index (κ3) is 3.18. The molecule has 92 valence electrons. The standard InChI is InChI=1S/C16H22O/c1-12-6-5-7-13(2)16(12)11-14-8-3-4-9-15(17)10-14/h5-7,14H,3-4,8-11H2,1-2H3. The highest BCUT2D eigenvalue weighted by atomic mass is 16.1. The fraction of sp³-hybridized carbons (Fsp3) is 0.562. The molecule has 0 bridgehead atoms. The van der Waals surface area contributed by atoms with E-state index in [2.05, 4.69) is 32.0 Å². The highest BCUT2D eigenvalue weighted by Gasteiger charge is 2.19. The molecule has 1 aliphatic rings. The van der Waals surface area contributed by atoms with Crippen LogP contribution in [0.4, 0.5) is 0 Å². The minimum absolute atomic E-state index is 0.471. The van der Waals surface area contributed by atoms with Crippen LogP contribution in [0.5, 0.6) is 0 Å². The minimum Gasteiger partial charge on any atom is -0.300 e. The molecule has 1 aromatic carbocycles. The molecular weight excluding hydrogens is 208 g/mol. The summed E-state index contributed by atoms with van der Waals surface area (Å²) in [5, 5.41) is 0. The van der Waals surface area contributed by atoms with E-state index in [1.54, 1.807) is 0 Å². The normalized spacial score (nSPS) is 21.3. The zero-order valence-electron chi connectivity index (χ0n) is 11.0. The highest BCUT2D eigenvalue weighted by molar-refractivity contribution is 5.78. The number of ketones is 1. The van der Waals surface area contributed by atoms with E-state index < -0.39 is 0 Å². The molecule has 1 aliphatic carbocycles. The van der Waals surface area contributed by atoms with Crippen LogP contribution in [0.25, 0.3) is 0 Å². The summed E-state index contributed by atoms with van der Waals surface area (Å²) in [5.74, 6) is 1.04. The Morgan fingerprint density at radius 3 is 2.59 bits per heavy atom. The molecule has 0 heterocycles. The first-order valence-electron chi connectivity index (χ1n) is 6.73. The van der Waals surface area contributed by atoms with Gasteiger partial charge in [0.2, 0.25) is 0 Å². The monoisotopic (exact) mass is 230 g/mol. The second-order valence-electron chi connectivity index (χ2n) is 5.43. The van der Waals surface area contributed by atoms with E-state index in [-0.39, 0.29) is 0 Å². The van der Waals surface area contributed by atoms with Crippen molar-refractivity contribution in [3.05, 3.63) is 34.9 Å². The second kappa shape index (κ2) is 5.48. The van der Waals surface area contributed by atoms with E-state index in [0.29, 0.717) is 11.7 Å². The summed E-state index contributed by atoms with van der Waals surface area (Å²) in [6, 6.07) is 6.48. The maximum atomic E-state index is 11.7. The van der Waals surface area contributed by atoms with Crippen molar-refractivity contribution >= 4 is 5.78 Å². The van der Waals surface area contributed by atoms with Gasteiger partial charge in [-0.15, -0.1) is 0 Å². The van der Waals surface area contributed by atoms with Gasteiger partial charge in [-0.1, -0.05) is 24.6 Å². The first kappa shape index (κ1) is 12.3. The Balaban J connectivity index is 2.11. The lowest BCUT2D eigenvalue weighted by molar-refractivity contribution is -0.119. The minimum atomic E-state index is 0.471. The van der Waals surface area contributed by atoms with Gasteiger partial charge in [0.05, 0.1) is 0 Å². The van der Waals surface area contributed by atoms with Crippen LogP contribution in [0.15, 0.2) is 18.2 Å². The van der Waals surface area contributed by atoms with Gasteiger partial charge in [0.15, 0.2) is 0 Å². The first-order valence-corrected chi connectivity index (χ1v) is 6.73. The Kier molecular flexibility index (Phi) is 3.98. The molecule has 1 nitrogen and oxygen atoms in total. The van der Waals surface area contributed by atoms with Crippen LogP contribution in [-0.4, -0.2) is 5.78 Å². The average molecular weight is 230 g/mol. The Morgan fingerprint density at radius 2 is 1.88 bits per heavy atom. The maximum Gasteiger partial charge on any atom is 0.133 e. The van der Waals surface area contributed by atoms with Crippen LogP contribution in [0.2, 0.25) is 0 Å². The molecule has 0 aliphatic heterocycles. The SMILES string of the molecule is Cc1cccc(C)c1CC1CCCCC(=O)C1. The molecule has 1 unspecified atom stereocenters. The summed E-state index contributed by atoms with van der Waals surface area (Å²) in [5.41, 5.74) is 4.22. The van der Waals surface area contributed by atoms with Crippen molar-refractivity contribution in [3.8, 4) is 0 Å². The number of hydrogen-bond acceptors (Lipinski definition) is 1. The Hall–Kier alpha value is -1.11. The fourth-order valence-corrected chi connectivity index (χ4v) is 2.92. The van der Waals surface area contributed by atoms with Crippen molar-refractivity contribution in [2.45, 2.75) is 52.4 Å². The van der Waals surface area contributed by atoms with Crippen molar-refractivity contribution in [1.29, 1.82) is 0 Å². The van der Waals surface area contributed by atoms with Crippen molar-refractivity contribution in [1.82, 2.24) is 0 Å². The smallest absolute Gasteiger partial charge is 0.133 e. The van der Waals surface area contributed by atoms with Gasteiger partial charge >= 0.3 is 0 Å². The van der Waals surface area contributed by atoms with Crippen molar-refractivity contribution in [2.24, 2.45) is 5.92 Å². The molecule has 1 fully saturated rings. The summed E-state index contributed by atoms with van der Waals surface area (Å²) in [6.45, 7) is 4.36. The molecule has 1 aromatic rings. The van der Waals surface area contributed by atoms with Crippen molar-refractivity contribution in [3.63, 3.8) is 0 Å². The molecule has 0 aromatic heterocycles. The number of hydrogen-bond donors (Lipinski definition) is 0. The maximum absolute atomic E-state index is 11.7. The number of rotatable bonds is 2. The van der Waals surface area contributed by atoms with Crippen LogP contribution in [0.1, 0.15) is 48.8 Å². The van der Waals surface area contributed by atoms with Crippen LogP contribution in [-0.2, 0) is 11.2 Å². The summed E-state index contributed by atoms with van der Waals surface area (Å²) in [4.78, 5) is 11.7. The largest absolute Gasteiger partial charge is 0.300 e. The molecule has 17 heavy (non-hydrogen) atoms. The highest BCUT2D eigenvalue weighted by Crippen LogP contribution is 2.26. The molecule has 0 saturated heterocycles. The van der Waals surface area contributed by atoms with Gasteiger partial charge in [-0.3, -0.25) is 4.79 Å². The Bertz CT molecular complexity index is 386. The number of carbonyl (C=O) groups excluding carboxylic acids is 1. The summed E-state index contributed by atoms with van der Waals surface area (Å²) in [6.07, 6.45) is 6.24. The van der Waals surface area contributed by atoms with E-state index in [4.69, 9.17) is 0 Å². The van der Waals surface area contributed by atoms with Gasteiger partial charge in [0.25, 0.3) is 0 Å². The Morgan fingerprint density at radius 1 is 1.18 bits per heavy atom. The number of Topliss-reactive ketones (excluding diaryl/α,β-unsaturated/α-hetero) is 1. The molecule has 0 radical (unpaired) electrons. The second-order valence-corrected chi connectivity index (χ2v) is 5.43. The van der Waals surface area contributed by atoms with Crippen LogP contribution in [0.3, 0.4) is 0 Å². The lowest BCUT2D eigenvalue weighted by Crippen LogP contribution is -2.10. The molecule has 0 amide bonds. The zero-order valence-corrected chi connectivity index (χ0v) is 11.0. The molecular formula is C16H22O. The van der Waals surface area contributed by atoms with E-state index >= 15 is 0 Å². The molecule has 1 atom stereocenters. The lowest BCUT2D eigenvalue weighted by atomic mass is 9.88. The van der Waals surface area contributed by atoms with Crippen molar-refractivity contribution < 1.29 is 4.79 Å². The third-order valence-electron chi connectivity index (χ3n) is 3.97. The van der Waals surface area contributed by atoms with E-state index in [1.165, 1.54) is 29.5 Å². The van der Waals surface area contributed by atoms with Gasteiger partial charge in [-0.25, -0.2) is 0 Å². The first-order chi connectivity index (χ1) is 8.16. The van der Waals surface area contributed by atoms with Crippen LogP contribution < -0.4 is 0 Å². The van der Waals surface area contributed by atoms with E-state index in [0.717, 1.165) is 25.7 Å². The molecule has 2 rings (SSSR count). The van der Waals surface area contributed by atoms with Crippen molar-refractivity contribution in [2.75, 3.05) is 0 Å². The van der Waals surface area contributed by atoms with Crippen LogP contribution >= 0.6 is 0 Å². The molecule has 0 N–H and O–H groups in total. The van der Waals surface area contributed by atoms with Gasteiger partial charge < -0.3 is 0 Å². The number of carbonyl (C=O) groups is 1. The molecule has 0 spiro atoms. The number of aryl methyl sites for hydroxylation is 2. The van der Waals surface area contributed by atoms with Gasteiger partial charge in [-0.05, 0) is 55.7 Å². The lowest BCUT2D eigenvalue weighted by Gasteiger charge is -2.17. The summed E-state index contributed by atoms with van der Waals surface area (Å²) < 4.78 is 0. The molecule has 1 saturated carbocycles. The molecule has 1 heteroatoms. The predicted molar refractivity (Wildman–Crippen MR) is 71.2 cm³/mol. The van der Waals surface area contributed by atoms with E-state index in [9.17, 15) is 4.79 Å². The fourth-order valence-electron chi connectivity index (χ4n) is 2.92. The quantitative estimate of drug-likeness (QED) is 0.702. The third-order valence-corrected chi connectivity index (χ3v) is 3.97. The summed E-state index contributed by atoms with van der Waals surface area (Å²) >= 11 is 0. The average Bonchev–Trinajstić information content (AvgIpc) is 2.48. The Labute approximate surface area is 104 Å². The number of benzene rings is 1. The predicted octanol–water partition coefficient (Wildman–Crippen LogP) is 4.00. The van der Waals surface area contributed by atoms with Crippen LogP contribution in [0, 0.1) is 19.8 Å².